The quantitative estimate of drug-likeness (QED) is 0.634. The van der Waals surface area contributed by atoms with Crippen molar-refractivity contribution < 1.29 is 13.2 Å². The van der Waals surface area contributed by atoms with Crippen molar-refractivity contribution in [3.8, 4) is 0 Å². The Morgan fingerprint density at radius 1 is 1.38 bits per heavy atom. The van der Waals surface area contributed by atoms with E-state index < -0.39 is 11.9 Å². The van der Waals surface area contributed by atoms with Gasteiger partial charge in [0.25, 0.3) is 0 Å². The summed E-state index contributed by atoms with van der Waals surface area (Å²) in [5.41, 5.74) is 0.523. The largest absolute Gasteiger partial charge is 0.434 e. The molecule has 0 bridgehead atoms. The third-order valence-corrected chi connectivity index (χ3v) is 4.14. The van der Waals surface area contributed by atoms with E-state index in [4.69, 9.17) is 12.2 Å². The second-order valence-corrected chi connectivity index (χ2v) is 6.04. The van der Waals surface area contributed by atoms with Crippen molar-refractivity contribution in [2.45, 2.75) is 38.3 Å². The van der Waals surface area contributed by atoms with E-state index in [1.807, 2.05) is 0 Å². The van der Waals surface area contributed by atoms with Crippen LogP contribution >= 0.6 is 23.6 Å². The van der Waals surface area contributed by atoms with Crippen molar-refractivity contribution >= 4 is 33.8 Å². The molecule has 0 aromatic carbocycles. The van der Waals surface area contributed by atoms with Gasteiger partial charge in [-0.2, -0.15) is 13.2 Å². The van der Waals surface area contributed by atoms with Crippen molar-refractivity contribution in [2.24, 2.45) is 0 Å². The second kappa shape index (κ2) is 7.22. The van der Waals surface area contributed by atoms with Gasteiger partial charge in [-0.15, -0.1) is 11.3 Å². The molecule has 1 aromatic heterocycles. The second-order valence-electron chi connectivity index (χ2n) is 4.77. The van der Waals surface area contributed by atoms with Gasteiger partial charge in [0.1, 0.15) is 0 Å². The van der Waals surface area contributed by atoms with Crippen LogP contribution < -0.4 is 10.6 Å². The molecule has 0 saturated heterocycles. The molecule has 2 N–H and O–H groups in total. The molecule has 3 nitrogen and oxygen atoms in total. The molecule has 21 heavy (non-hydrogen) atoms. The Morgan fingerprint density at radius 3 is 2.81 bits per heavy atom. The zero-order valence-corrected chi connectivity index (χ0v) is 12.9. The molecular weight excluding hydrogens is 319 g/mol. The minimum Gasteiger partial charge on any atom is -0.362 e. The third-order valence-electron chi connectivity index (χ3n) is 3.13. The van der Waals surface area contributed by atoms with Gasteiger partial charge in [0.05, 0.1) is 0 Å². The van der Waals surface area contributed by atoms with Gasteiger partial charge in [-0.05, 0) is 44.3 Å². The minimum atomic E-state index is -4.42. The summed E-state index contributed by atoms with van der Waals surface area (Å²) < 4.78 is 37.2. The van der Waals surface area contributed by atoms with Gasteiger partial charge in [-0.1, -0.05) is 11.6 Å². The van der Waals surface area contributed by atoms with E-state index in [-0.39, 0.29) is 5.13 Å². The lowest BCUT2D eigenvalue weighted by Crippen LogP contribution is -2.29. The number of rotatable bonds is 4. The van der Waals surface area contributed by atoms with Crippen LogP contribution in [-0.2, 0) is 6.18 Å². The van der Waals surface area contributed by atoms with Crippen LogP contribution in [0.15, 0.2) is 17.0 Å². The summed E-state index contributed by atoms with van der Waals surface area (Å²) in [5.74, 6) is 0. The zero-order valence-electron chi connectivity index (χ0n) is 11.3. The Kier molecular flexibility index (Phi) is 5.58. The molecule has 0 atom stereocenters. The number of halogens is 3. The average molecular weight is 335 g/mol. The van der Waals surface area contributed by atoms with E-state index in [1.54, 1.807) is 0 Å². The highest BCUT2D eigenvalue weighted by atomic mass is 32.1. The summed E-state index contributed by atoms with van der Waals surface area (Å²) in [6.07, 6.45) is 3.50. The third kappa shape index (κ3) is 5.28. The Morgan fingerprint density at radius 2 is 2.19 bits per heavy atom. The van der Waals surface area contributed by atoms with Gasteiger partial charge in [0.15, 0.2) is 15.9 Å². The first-order chi connectivity index (χ1) is 9.95. The van der Waals surface area contributed by atoms with Crippen LogP contribution in [0, 0.1) is 0 Å². The summed E-state index contributed by atoms with van der Waals surface area (Å²) in [6.45, 7) is 0.676. The first-order valence-corrected chi connectivity index (χ1v) is 7.99. The zero-order chi connectivity index (χ0) is 15.3. The fourth-order valence-corrected chi connectivity index (χ4v) is 3.06. The molecule has 0 fully saturated rings. The molecule has 0 unspecified atom stereocenters. The Hall–Kier alpha value is -1.15. The number of alkyl halides is 3. The van der Waals surface area contributed by atoms with Gasteiger partial charge in [-0.25, -0.2) is 4.98 Å². The monoisotopic (exact) mass is 335 g/mol. The lowest BCUT2D eigenvalue weighted by molar-refractivity contribution is -0.140. The Balaban J connectivity index is 1.74. The predicted octanol–water partition coefficient (Wildman–Crippen LogP) is 4.34. The molecule has 1 aliphatic carbocycles. The molecule has 1 heterocycles. The van der Waals surface area contributed by atoms with Crippen LogP contribution in [0.4, 0.5) is 18.3 Å². The van der Waals surface area contributed by atoms with Gasteiger partial charge in [0.2, 0.25) is 0 Å². The molecule has 116 valence electrons. The van der Waals surface area contributed by atoms with E-state index >= 15 is 0 Å². The number of anilines is 1. The van der Waals surface area contributed by atoms with E-state index in [0.717, 1.165) is 36.0 Å². The molecule has 2 rings (SSSR count). The van der Waals surface area contributed by atoms with Crippen LogP contribution in [0.1, 0.15) is 37.8 Å². The number of allylic oxidation sites excluding steroid dienone is 1. The number of thiazole rings is 1. The molecule has 0 radical (unpaired) electrons. The van der Waals surface area contributed by atoms with Crippen molar-refractivity contribution in [3.05, 3.63) is 22.7 Å². The van der Waals surface area contributed by atoms with Gasteiger partial charge >= 0.3 is 6.18 Å². The van der Waals surface area contributed by atoms with Crippen LogP contribution in [0.3, 0.4) is 0 Å². The van der Waals surface area contributed by atoms with Crippen molar-refractivity contribution in [1.29, 1.82) is 0 Å². The fraction of sp³-hybridized carbons (Fsp3) is 0.538. The number of hydrogen-bond acceptors (Lipinski definition) is 3. The molecular formula is C13H16F3N3S2. The average Bonchev–Trinajstić information content (AvgIpc) is 2.88. The maximum Gasteiger partial charge on any atom is 0.434 e. The topological polar surface area (TPSA) is 37.0 Å². The van der Waals surface area contributed by atoms with Gasteiger partial charge < -0.3 is 10.6 Å². The normalized spacial score (nSPS) is 15.5. The van der Waals surface area contributed by atoms with Crippen LogP contribution in [0.2, 0.25) is 0 Å². The maximum atomic E-state index is 12.4. The molecule has 8 heteroatoms. The summed E-state index contributed by atoms with van der Waals surface area (Å²) in [5, 5.41) is 7.09. The smallest absolute Gasteiger partial charge is 0.362 e. The summed E-state index contributed by atoms with van der Waals surface area (Å²) in [7, 11) is 0. The lowest BCUT2D eigenvalue weighted by atomic mass is 9.97. The molecule has 1 aliphatic rings. The maximum absolute atomic E-state index is 12.4. The number of nitrogens with zero attached hydrogens (tertiary/aromatic N) is 1. The standard InChI is InChI=1S/C13H16F3N3S2/c14-13(15,16)10-8-21-12(18-10)19-11(20)17-7-6-9-4-2-1-3-5-9/h4,8H,1-3,5-7H2,(H2,17,18,19,20). The highest BCUT2D eigenvalue weighted by Crippen LogP contribution is 2.31. The summed E-state index contributed by atoms with van der Waals surface area (Å²) in [6, 6.07) is 0. The number of hydrogen-bond donors (Lipinski definition) is 2. The van der Waals surface area contributed by atoms with E-state index in [1.165, 1.54) is 18.4 Å². The highest BCUT2D eigenvalue weighted by molar-refractivity contribution is 7.80. The number of thiocarbonyl (C=S) groups is 1. The Labute approximate surface area is 130 Å². The van der Waals surface area contributed by atoms with E-state index in [9.17, 15) is 13.2 Å². The summed E-state index contributed by atoms with van der Waals surface area (Å²) in [4.78, 5) is 3.46. The highest BCUT2D eigenvalue weighted by Gasteiger charge is 2.33. The number of aromatic nitrogens is 1. The SMILES string of the molecule is FC(F)(F)c1csc(NC(=S)NCCC2=CCCCC2)n1. The molecule has 0 spiro atoms. The van der Waals surface area contributed by atoms with E-state index in [2.05, 4.69) is 21.7 Å². The molecule has 0 amide bonds. The first-order valence-electron chi connectivity index (χ1n) is 6.70. The van der Waals surface area contributed by atoms with Crippen LogP contribution in [-0.4, -0.2) is 16.6 Å². The predicted molar refractivity (Wildman–Crippen MR) is 82.5 cm³/mol. The molecule has 1 aromatic rings. The van der Waals surface area contributed by atoms with Crippen LogP contribution in [0.25, 0.3) is 0 Å². The van der Waals surface area contributed by atoms with Crippen molar-refractivity contribution in [1.82, 2.24) is 10.3 Å². The van der Waals surface area contributed by atoms with Crippen LogP contribution in [0.5, 0.6) is 0 Å². The lowest BCUT2D eigenvalue weighted by Gasteiger charge is -2.13. The van der Waals surface area contributed by atoms with Gasteiger partial charge in [0, 0.05) is 11.9 Å². The minimum absolute atomic E-state index is 0.150. The van der Waals surface area contributed by atoms with E-state index in [0.29, 0.717) is 11.7 Å². The summed E-state index contributed by atoms with van der Waals surface area (Å²) >= 11 is 5.93. The fourth-order valence-electron chi connectivity index (χ4n) is 2.07. The first kappa shape index (κ1) is 16.2. The Bertz CT molecular complexity index is 523. The molecule has 0 saturated carbocycles. The van der Waals surface area contributed by atoms with Crippen molar-refractivity contribution in [3.63, 3.8) is 0 Å². The molecule has 0 aliphatic heterocycles. The van der Waals surface area contributed by atoms with Crippen molar-refractivity contribution in [2.75, 3.05) is 11.9 Å². The van der Waals surface area contributed by atoms with Gasteiger partial charge in [-0.3, -0.25) is 0 Å². The number of nitrogens with one attached hydrogen (secondary N) is 2.